The molecule has 0 spiro atoms. The maximum atomic E-state index is 12.8. The van der Waals surface area contributed by atoms with E-state index in [0.717, 1.165) is 22.7 Å². The van der Waals surface area contributed by atoms with Crippen LogP contribution >= 0.6 is 0 Å². The van der Waals surface area contributed by atoms with E-state index in [2.05, 4.69) is 25.2 Å². The molecule has 1 aliphatic carbocycles. The average Bonchev–Trinajstić information content (AvgIpc) is 2.70. The smallest absolute Gasteiger partial charge is 0.243 e. The van der Waals surface area contributed by atoms with Gasteiger partial charge in [-0.25, -0.2) is 8.42 Å². The van der Waals surface area contributed by atoms with E-state index in [1.54, 1.807) is 0 Å². The fourth-order valence-electron chi connectivity index (χ4n) is 3.93. The maximum absolute atomic E-state index is 12.8. The highest BCUT2D eigenvalue weighted by molar-refractivity contribution is 7.89. The van der Waals surface area contributed by atoms with Gasteiger partial charge in [0.15, 0.2) is 5.78 Å². The van der Waals surface area contributed by atoms with Crippen LogP contribution in [0.5, 0.6) is 0 Å². The molecule has 6 nitrogen and oxygen atoms in total. The Kier molecular flexibility index (Phi) is 6.15. The highest BCUT2D eigenvalue weighted by Gasteiger charge is 2.33. The van der Waals surface area contributed by atoms with Gasteiger partial charge in [0.05, 0.1) is 17.5 Å². The molecule has 0 aliphatic heterocycles. The zero-order valence-corrected chi connectivity index (χ0v) is 18.6. The van der Waals surface area contributed by atoms with Crippen molar-refractivity contribution in [2.45, 2.75) is 50.0 Å². The van der Waals surface area contributed by atoms with Gasteiger partial charge in [-0.05, 0) is 48.4 Å². The molecule has 160 valence electrons. The Bertz CT molecular complexity index is 1060. The fourth-order valence-corrected chi connectivity index (χ4v) is 5.06. The van der Waals surface area contributed by atoms with E-state index in [-0.39, 0.29) is 34.6 Å². The molecule has 0 saturated carbocycles. The number of ketones is 1. The number of likely N-dealkylation sites (N-methyl/N-ethyl adjacent to an activating group) is 1. The van der Waals surface area contributed by atoms with Gasteiger partial charge in [0.2, 0.25) is 15.9 Å². The van der Waals surface area contributed by atoms with Gasteiger partial charge in [-0.3, -0.25) is 9.59 Å². The molecule has 3 rings (SSSR count). The Morgan fingerprint density at radius 3 is 2.37 bits per heavy atom. The van der Waals surface area contributed by atoms with Crippen LogP contribution in [0.25, 0.3) is 0 Å². The van der Waals surface area contributed by atoms with E-state index >= 15 is 0 Å². The summed E-state index contributed by atoms with van der Waals surface area (Å²) in [5.74, 6) is -0.483. The largest absolute Gasteiger partial charge is 0.348 e. The zero-order chi connectivity index (χ0) is 22.1. The topological polar surface area (TPSA) is 83.6 Å². The Morgan fingerprint density at radius 1 is 1.10 bits per heavy atom. The number of sulfonamides is 1. The number of carbonyl (C=O) groups is 2. The van der Waals surface area contributed by atoms with Crippen LogP contribution in [-0.2, 0) is 20.2 Å². The lowest BCUT2D eigenvalue weighted by Gasteiger charge is -2.37. The van der Waals surface area contributed by atoms with Crippen molar-refractivity contribution in [1.29, 1.82) is 0 Å². The van der Waals surface area contributed by atoms with Gasteiger partial charge in [-0.15, -0.1) is 0 Å². The van der Waals surface area contributed by atoms with Crippen LogP contribution in [0.1, 0.15) is 61.1 Å². The summed E-state index contributed by atoms with van der Waals surface area (Å²) in [6.45, 7) is 5.53. The van der Waals surface area contributed by atoms with E-state index < -0.39 is 10.0 Å². The van der Waals surface area contributed by atoms with Crippen LogP contribution in [0.4, 0.5) is 0 Å². The predicted molar refractivity (Wildman–Crippen MR) is 116 cm³/mol. The van der Waals surface area contributed by atoms with Gasteiger partial charge < -0.3 is 5.32 Å². The van der Waals surface area contributed by atoms with E-state index in [4.69, 9.17) is 0 Å². The first-order valence-corrected chi connectivity index (χ1v) is 11.4. The summed E-state index contributed by atoms with van der Waals surface area (Å²) in [5, 5.41) is 3.00. The summed E-state index contributed by atoms with van der Waals surface area (Å²) < 4.78 is 26.6. The zero-order valence-electron chi connectivity index (χ0n) is 17.8. The molecule has 0 radical (unpaired) electrons. The molecule has 1 aliphatic rings. The van der Waals surface area contributed by atoms with Crippen LogP contribution in [-0.4, -0.2) is 38.0 Å². The van der Waals surface area contributed by atoms with Crippen molar-refractivity contribution in [3.8, 4) is 0 Å². The number of Topliss-reactive ketones (excluding diaryl/α,β-unsaturated/α-hetero) is 1. The first kappa shape index (κ1) is 22.2. The van der Waals surface area contributed by atoms with Crippen molar-refractivity contribution in [1.82, 2.24) is 9.62 Å². The Hall–Kier alpha value is -2.51. The molecule has 0 heterocycles. The highest BCUT2D eigenvalue weighted by atomic mass is 32.2. The average molecular weight is 429 g/mol. The quantitative estimate of drug-likeness (QED) is 0.715. The lowest BCUT2D eigenvalue weighted by molar-refractivity contribution is -0.122. The third-order valence-corrected chi connectivity index (χ3v) is 7.61. The molecule has 1 amide bonds. The lowest BCUT2D eigenvalue weighted by Crippen LogP contribution is -2.41. The summed E-state index contributed by atoms with van der Waals surface area (Å²) in [7, 11) is -2.45. The monoisotopic (exact) mass is 428 g/mol. The third kappa shape index (κ3) is 4.47. The second kappa shape index (κ2) is 8.32. The van der Waals surface area contributed by atoms with Crippen molar-refractivity contribution in [2.24, 2.45) is 0 Å². The summed E-state index contributed by atoms with van der Waals surface area (Å²) in [5.41, 5.74) is 2.79. The number of rotatable bonds is 6. The number of nitrogens with one attached hydrogen (secondary N) is 1. The van der Waals surface area contributed by atoms with Crippen LogP contribution in [0.3, 0.4) is 0 Å². The summed E-state index contributed by atoms with van der Waals surface area (Å²) in [6, 6.07) is 13.7. The first-order chi connectivity index (χ1) is 14.0. The van der Waals surface area contributed by atoms with E-state index in [1.165, 1.54) is 43.8 Å². The number of hydrogen-bond donors (Lipinski definition) is 1. The van der Waals surface area contributed by atoms with Crippen molar-refractivity contribution in [2.75, 3.05) is 13.6 Å². The van der Waals surface area contributed by atoms with Gasteiger partial charge in [-0.1, -0.05) is 50.2 Å². The minimum Gasteiger partial charge on any atom is -0.348 e. The second-order valence-electron chi connectivity index (χ2n) is 8.47. The second-order valence-corrected chi connectivity index (χ2v) is 10.5. The van der Waals surface area contributed by atoms with Crippen LogP contribution in [0.2, 0.25) is 0 Å². The molecular weight excluding hydrogens is 400 g/mol. The predicted octanol–water partition coefficient (Wildman–Crippen LogP) is 3.44. The first-order valence-electron chi connectivity index (χ1n) is 9.98. The molecule has 1 atom stereocenters. The Labute approximate surface area is 178 Å². The molecule has 0 unspecified atom stereocenters. The van der Waals surface area contributed by atoms with Crippen molar-refractivity contribution in [3.05, 3.63) is 65.2 Å². The molecule has 2 aromatic rings. The molecular formula is C23H28N2O4S. The minimum absolute atomic E-state index is 0.0456. The molecule has 7 heteroatoms. The van der Waals surface area contributed by atoms with Gasteiger partial charge >= 0.3 is 0 Å². The van der Waals surface area contributed by atoms with Crippen molar-refractivity contribution < 1.29 is 18.0 Å². The molecule has 0 bridgehead atoms. The number of hydrogen-bond acceptors (Lipinski definition) is 4. The number of nitrogens with zero attached hydrogens (tertiary/aromatic N) is 1. The number of carbonyl (C=O) groups excluding carboxylic acids is 2. The van der Waals surface area contributed by atoms with Crippen LogP contribution < -0.4 is 5.32 Å². The molecule has 0 aromatic heterocycles. The lowest BCUT2D eigenvalue weighted by atomic mass is 9.71. The maximum Gasteiger partial charge on any atom is 0.243 e. The van der Waals surface area contributed by atoms with E-state index in [1.807, 2.05) is 18.2 Å². The standard InChI is InChI=1S/C23H28N2O4S/c1-16(26)17-9-11-18(12-10-17)30(28,29)25(4)15-22(27)24-21-13-14-23(2,3)20-8-6-5-7-19(20)21/h5-12,21H,13-15H2,1-4H3,(H,24,27)/t21-/m0/s1. The molecule has 0 fully saturated rings. The molecule has 2 aromatic carbocycles. The number of fused-ring (bicyclic) bond motifs is 1. The summed E-state index contributed by atoms with van der Waals surface area (Å²) >= 11 is 0. The molecule has 1 N–H and O–H groups in total. The van der Waals surface area contributed by atoms with Crippen LogP contribution in [0, 0.1) is 0 Å². The van der Waals surface area contributed by atoms with E-state index in [9.17, 15) is 18.0 Å². The number of amides is 1. The normalized spacial score (nSPS) is 18.0. The fraction of sp³-hybridized carbons (Fsp3) is 0.391. The van der Waals surface area contributed by atoms with E-state index in [0.29, 0.717) is 5.56 Å². The molecule has 30 heavy (non-hydrogen) atoms. The van der Waals surface area contributed by atoms with Gasteiger partial charge in [0, 0.05) is 12.6 Å². The third-order valence-electron chi connectivity index (χ3n) is 5.79. The van der Waals surface area contributed by atoms with Crippen molar-refractivity contribution >= 4 is 21.7 Å². The van der Waals surface area contributed by atoms with Crippen molar-refractivity contribution in [3.63, 3.8) is 0 Å². The SMILES string of the molecule is CC(=O)c1ccc(S(=O)(=O)N(C)CC(=O)N[C@H]2CCC(C)(C)c3ccccc32)cc1. The highest BCUT2D eigenvalue weighted by Crippen LogP contribution is 2.41. The Morgan fingerprint density at radius 2 is 1.73 bits per heavy atom. The Balaban J connectivity index is 1.71. The molecule has 0 saturated heterocycles. The van der Waals surface area contributed by atoms with Crippen LogP contribution in [0.15, 0.2) is 53.4 Å². The number of benzene rings is 2. The van der Waals surface area contributed by atoms with Gasteiger partial charge in [0.25, 0.3) is 0 Å². The summed E-state index contributed by atoms with van der Waals surface area (Å²) in [6.07, 6.45) is 1.74. The minimum atomic E-state index is -3.84. The summed E-state index contributed by atoms with van der Waals surface area (Å²) in [4.78, 5) is 24.1. The van der Waals surface area contributed by atoms with Gasteiger partial charge in [0.1, 0.15) is 0 Å². The van der Waals surface area contributed by atoms with Gasteiger partial charge in [-0.2, -0.15) is 4.31 Å².